The van der Waals surface area contributed by atoms with Crippen LogP contribution in [-0.4, -0.2) is 20.6 Å². The number of fused-ring (bicyclic) bond motifs is 2. The van der Waals surface area contributed by atoms with Gasteiger partial charge in [0.15, 0.2) is 0 Å². The Hall–Kier alpha value is -3.46. The van der Waals surface area contributed by atoms with Gasteiger partial charge in [-0.1, -0.05) is 0 Å². The Labute approximate surface area is 167 Å². The Kier molecular flexibility index (Phi) is 4.67. The van der Waals surface area contributed by atoms with Gasteiger partial charge in [-0.25, -0.2) is 9.78 Å². The van der Waals surface area contributed by atoms with Crippen molar-refractivity contribution in [3.8, 4) is 5.75 Å². The maximum absolute atomic E-state index is 12.7. The first kappa shape index (κ1) is 18.9. The summed E-state index contributed by atoms with van der Waals surface area (Å²) in [5, 5.41) is 10.6. The van der Waals surface area contributed by atoms with Crippen molar-refractivity contribution in [2.75, 3.05) is 0 Å². The zero-order valence-electron chi connectivity index (χ0n) is 15.6. The van der Waals surface area contributed by atoms with Crippen molar-refractivity contribution in [2.24, 2.45) is 0 Å². The highest BCUT2D eigenvalue weighted by atomic mass is 32.1. The molecule has 0 atom stereocenters. The lowest BCUT2D eigenvalue weighted by Gasteiger charge is -2.09. The first-order chi connectivity index (χ1) is 13.8. The second-order valence-electron chi connectivity index (χ2n) is 6.57. The third-order valence-electron chi connectivity index (χ3n) is 4.66. The summed E-state index contributed by atoms with van der Waals surface area (Å²) in [6, 6.07) is 5.55. The number of aromatic hydroxyl groups is 1. The molecule has 1 aromatic carbocycles. The van der Waals surface area contributed by atoms with E-state index in [2.05, 4.69) is 4.98 Å². The highest BCUT2D eigenvalue weighted by Crippen LogP contribution is 2.25. The maximum Gasteiger partial charge on any atom is 0.336 e. The van der Waals surface area contributed by atoms with Gasteiger partial charge < -0.3 is 14.3 Å². The van der Waals surface area contributed by atoms with Crippen LogP contribution in [0.3, 0.4) is 0 Å². The number of rotatable bonds is 4. The lowest BCUT2D eigenvalue weighted by Crippen LogP contribution is -2.25. The van der Waals surface area contributed by atoms with Gasteiger partial charge in [0.05, 0.1) is 11.7 Å². The molecule has 29 heavy (non-hydrogen) atoms. The summed E-state index contributed by atoms with van der Waals surface area (Å²) in [7, 11) is 0. The molecule has 0 spiro atoms. The van der Waals surface area contributed by atoms with Crippen LogP contribution in [0.2, 0.25) is 0 Å². The van der Waals surface area contributed by atoms with Crippen LogP contribution in [0.25, 0.3) is 21.2 Å². The molecule has 0 aliphatic rings. The van der Waals surface area contributed by atoms with Crippen molar-refractivity contribution >= 4 is 38.5 Å². The van der Waals surface area contributed by atoms with Crippen LogP contribution in [0.15, 0.2) is 44.6 Å². The van der Waals surface area contributed by atoms with E-state index in [1.165, 1.54) is 40.4 Å². The number of carbonyl (C=O) groups is 1. The number of phenols is 1. The average Bonchev–Trinajstić information content (AvgIpc) is 2.96. The van der Waals surface area contributed by atoms with Crippen LogP contribution in [0.4, 0.5) is 0 Å². The zero-order valence-corrected chi connectivity index (χ0v) is 16.4. The van der Waals surface area contributed by atoms with E-state index < -0.39 is 11.6 Å². The van der Waals surface area contributed by atoms with Gasteiger partial charge in [-0.3, -0.25) is 14.2 Å². The molecule has 0 saturated heterocycles. The van der Waals surface area contributed by atoms with Crippen LogP contribution in [0.1, 0.15) is 16.0 Å². The van der Waals surface area contributed by atoms with Crippen molar-refractivity contribution in [3.05, 3.63) is 67.4 Å². The smallest absolute Gasteiger partial charge is 0.336 e. The summed E-state index contributed by atoms with van der Waals surface area (Å²) in [6.07, 6.45) is 1.33. The fourth-order valence-corrected chi connectivity index (χ4v) is 4.05. The van der Waals surface area contributed by atoms with E-state index in [9.17, 15) is 19.5 Å². The summed E-state index contributed by atoms with van der Waals surface area (Å²) < 4.78 is 11.5. The van der Waals surface area contributed by atoms with E-state index in [1.54, 1.807) is 6.07 Å². The normalized spacial score (nSPS) is 11.2. The molecule has 0 saturated carbocycles. The standard InChI is InChI=1S/C20H16N2O6S/c1-10-11(2)29-19-18(10)20(26)22(9-21-19)7-17(25)27-8-12-5-16(24)28-15-6-13(23)3-4-14(12)15/h3-6,9,23H,7-8H2,1-2H3. The average molecular weight is 412 g/mol. The van der Waals surface area contributed by atoms with Crippen molar-refractivity contribution in [2.45, 2.75) is 27.0 Å². The molecule has 148 valence electrons. The summed E-state index contributed by atoms with van der Waals surface area (Å²) in [5.41, 5.74) is 0.571. The number of nitrogens with zero attached hydrogens (tertiary/aromatic N) is 2. The molecule has 8 nitrogen and oxygen atoms in total. The number of thiophene rings is 1. The fourth-order valence-electron chi connectivity index (χ4n) is 3.06. The maximum atomic E-state index is 12.7. The van der Waals surface area contributed by atoms with Gasteiger partial charge in [-0.05, 0) is 31.5 Å². The van der Waals surface area contributed by atoms with Gasteiger partial charge in [0, 0.05) is 28.0 Å². The van der Waals surface area contributed by atoms with Gasteiger partial charge >= 0.3 is 11.6 Å². The van der Waals surface area contributed by atoms with Crippen molar-refractivity contribution < 1.29 is 19.1 Å². The molecule has 0 radical (unpaired) electrons. The summed E-state index contributed by atoms with van der Waals surface area (Å²) in [4.78, 5) is 42.6. The largest absolute Gasteiger partial charge is 0.508 e. The first-order valence-corrected chi connectivity index (χ1v) is 9.51. The molecule has 0 amide bonds. The second kappa shape index (κ2) is 7.17. The van der Waals surface area contributed by atoms with Crippen LogP contribution in [-0.2, 0) is 22.7 Å². The quantitative estimate of drug-likeness (QED) is 0.405. The van der Waals surface area contributed by atoms with Gasteiger partial charge in [0.1, 0.15) is 29.3 Å². The van der Waals surface area contributed by atoms with E-state index >= 15 is 0 Å². The molecular formula is C20H16N2O6S. The van der Waals surface area contributed by atoms with E-state index in [1.807, 2.05) is 13.8 Å². The molecule has 4 rings (SSSR count). The molecular weight excluding hydrogens is 396 g/mol. The number of aromatic nitrogens is 2. The third kappa shape index (κ3) is 3.52. The number of benzene rings is 1. The van der Waals surface area contributed by atoms with E-state index in [0.717, 1.165) is 10.4 Å². The number of hydrogen-bond donors (Lipinski definition) is 1. The predicted octanol–water partition coefficient (Wildman–Crippen LogP) is 2.63. The molecule has 0 aliphatic heterocycles. The number of carbonyl (C=O) groups excluding carboxylic acids is 1. The Morgan fingerprint density at radius 2 is 2.07 bits per heavy atom. The molecule has 0 bridgehead atoms. The molecule has 0 unspecified atom stereocenters. The molecule has 4 aromatic rings. The van der Waals surface area contributed by atoms with Crippen LogP contribution in [0, 0.1) is 13.8 Å². The highest BCUT2D eigenvalue weighted by Gasteiger charge is 2.15. The number of esters is 1. The molecule has 3 aromatic heterocycles. The third-order valence-corrected chi connectivity index (χ3v) is 5.77. The molecule has 1 N–H and O–H groups in total. The van der Waals surface area contributed by atoms with E-state index in [-0.39, 0.29) is 30.0 Å². The van der Waals surface area contributed by atoms with E-state index in [0.29, 0.717) is 21.2 Å². The highest BCUT2D eigenvalue weighted by molar-refractivity contribution is 7.18. The summed E-state index contributed by atoms with van der Waals surface area (Å²) >= 11 is 1.43. The monoisotopic (exact) mass is 412 g/mol. The fraction of sp³-hybridized carbons (Fsp3) is 0.200. The van der Waals surface area contributed by atoms with E-state index in [4.69, 9.17) is 9.15 Å². The van der Waals surface area contributed by atoms with Gasteiger partial charge in [0.2, 0.25) is 0 Å². The topological polar surface area (TPSA) is 112 Å². The van der Waals surface area contributed by atoms with Crippen LogP contribution in [0.5, 0.6) is 5.75 Å². The first-order valence-electron chi connectivity index (χ1n) is 8.70. The van der Waals surface area contributed by atoms with Crippen molar-refractivity contribution in [3.63, 3.8) is 0 Å². The minimum Gasteiger partial charge on any atom is -0.508 e. The van der Waals surface area contributed by atoms with Crippen molar-refractivity contribution in [1.82, 2.24) is 9.55 Å². The Morgan fingerprint density at radius 3 is 2.86 bits per heavy atom. The second-order valence-corrected chi connectivity index (χ2v) is 7.78. The molecule has 3 heterocycles. The minimum atomic E-state index is -0.641. The van der Waals surface area contributed by atoms with Gasteiger partial charge in [-0.2, -0.15) is 0 Å². The Morgan fingerprint density at radius 1 is 1.28 bits per heavy atom. The van der Waals surface area contributed by atoms with Crippen molar-refractivity contribution in [1.29, 1.82) is 0 Å². The van der Waals surface area contributed by atoms with Gasteiger partial charge in [0.25, 0.3) is 5.56 Å². The number of aryl methyl sites for hydroxylation is 2. The summed E-state index contributed by atoms with van der Waals surface area (Å²) in [5.74, 6) is -0.686. The lowest BCUT2D eigenvalue weighted by molar-refractivity contribution is -0.145. The Balaban J connectivity index is 1.56. The Bertz CT molecular complexity index is 1380. The molecule has 0 fully saturated rings. The predicted molar refractivity (Wildman–Crippen MR) is 107 cm³/mol. The number of phenolic OH excluding ortho intramolecular Hbond substituents is 1. The molecule has 0 aliphatic carbocycles. The van der Waals surface area contributed by atoms with Gasteiger partial charge in [-0.15, -0.1) is 11.3 Å². The zero-order chi connectivity index (χ0) is 20.7. The van der Waals surface area contributed by atoms with Crippen LogP contribution >= 0.6 is 11.3 Å². The lowest BCUT2D eigenvalue weighted by atomic mass is 10.1. The number of ether oxygens (including phenoxy) is 1. The number of hydrogen-bond acceptors (Lipinski definition) is 8. The minimum absolute atomic E-state index is 0.0453. The SMILES string of the molecule is Cc1sc2ncn(CC(=O)OCc3cc(=O)oc4cc(O)ccc34)c(=O)c2c1C. The molecule has 9 heteroatoms. The van der Waals surface area contributed by atoms with Crippen LogP contribution < -0.4 is 11.2 Å². The summed E-state index contributed by atoms with van der Waals surface area (Å²) in [6.45, 7) is 3.30.